The first-order valence-corrected chi connectivity index (χ1v) is 7.42. The molecule has 0 aromatic heterocycles. The van der Waals surface area contributed by atoms with E-state index in [0.717, 1.165) is 0 Å². The average molecular weight is 379 g/mol. The van der Waals surface area contributed by atoms with Crippen molar-refractivity contribution in [3.05, 3.63) is 52.0 Å². The highest BCUT2D eigenvalue weighted by Gasteiger charge is 2.19. The largest absolute Gasteiger partial charge is 0.507 e. The number of phenolic OH excluding ortho intramolecular Hbond substituents is 1. The number of halogens is 1. The Bertz CT molecular complexity index is 786. The van der Waals surface area contributed by atoms with Crippen molar-refractivity contribution in [2.24, 2.45) is 0 Å². The van der Waals surface area contributed by atoms with E-state index in [-0.39, 0.29) is 23.9 Å². The van der Waals surface area contributed by atoms with Crippen LogP contribution in [0.3, 0.4) is 0 Å². The molecule has 0 saturated heterocycles. The lowest BCUT2D eigenvalue weighted by Gasteiger charge is -2.07. The SMILES string of the molecule is O=C(COC(=O)c1cc(Br)ccc1O)c1ccc2c(c1)OCO2. The molecule has 0 amide bonds. The molecule has 3 rings (SSSR count). The van der Waals surface area contributed by atoms with E-state index in [4.69, 9.17) is 14.2 Å². The van der Waals surface area contributed by atoms with Gasteiger partial charge in [0.25, 0.3) is 0 Å². The number of ether oxygens (including phenoxy) is 3. The maximum Gasteiger partial charge on any atom is 0.342 e. The van der Waals surface area contributed by atoms with Crippen molar-refractivity contribution in [2.75, 3.05) is 13.4 Å². The molecule has 7 heteroatoms. The van der Waals surface area contributed by atoms with Crippen LogP contribution in [0.2, 0.25) is 0 Å². The number of aromatic hydroxyl groups is 1. The van der Waals surface area contributed by atoms with Crippen LogP contribution in [-0.2, 0) is 4.74 Å². The van der Waals surface area contributed by atoms with Crippen LogP contribution in [0, 0.1) is 0 Å². The molecule has 0 spiro atoms. The topological polar surface area (TPSA) is 82.1 Å². The van der Waals surface area contributed by atoms with Crippen LogP contribution in [0.25, 0.3) is 0 Å². The van der Waals surface area contributed by atoms with Gasteiger partial charge < -0.3 is 19.3 Å². The Balaban J connectivity index is 1.67. The zero-order chi connectivity index (χ0) is 16.4. The Morgan fingerprint density at radius 3 is 2.74 bits per heavy atom. The Hall–Kier alpha value is -2.54. The molecule has 2 aromatic rings. The zero-order valence-corrected chi connectivity index (χ0v) is 13.3. The van der Waals surface area contributed by atoms with Gasteiger partial charge in [-0.2, -0.15) is 0 Å². The monoisotopic (exact) mass is 378 g/mol. The van der Waals surface area contributed by atoms with Crippen LogP contribution in [0.1, 0.15) is 20.7 Å². The third kappa shape index (κ3) is 3.29. The number of hydrogen-bond donors (Lipinski definition) is 1. The zero-order valence-electron chi connectivity index (χ0n) is 11.7. The minimum Gasteiger partial charge on any atom is -0.507 e. The number of esters is 1. The normalized spacial score (nSPS) is 12.0. The number of phenols is 1. The molecule has 0 fully saturated rings. The Labute approximate surface area is 139 Å². The van der Waals surface area contributed by atoms with Gasteiger partial charge in [-0.25, -0.2) is 4.79 Å². The predicted octanol–water partition coefficient (Wildman–Crippen LogP) is 2.92. The summed E-state index contributed by atoms with van der Waals surface area (Å²) in [6.45, 7) is -0.325. The van der Waals surface area contributed by atoms with Gasteiger partial charge in [0, 0.05) is 10.0 Å². The lowest BCUT2D eigenvalue weighted by atomic mass is 10.1. The molecule has 1 heterocycles. The van der Waals surface area contributed by atoms with Gasteiger partial charge >= 0.3 is 5.97 Å². The molecular weight excluding hydrogens is 368 g/mol. The first-order valence-electron chi connectivity index (χ1n) is 6.63. The lowest BCUT2D eigenvalue weighted by Crippen LogP contribution is -2.14. The summed E-state index contributed by atoms with van der Waals surface area (Å²) < 4.78 is 15.9. The second-order valence-electron chi connectivity index (χ2n) is 4.73. The quantitative estimate of drug-likeness (QED) is 0.650. The van der Waals surface area contributed by atoms with E-state index in [1.54, 1.807) is 18.2 Å². The summed E-state index contributed by atoms with van der Waals surface area (Å²) in [5, 5.41) is 9.66. The fraction of sp³-hybridized carbons (Fsp3) is 0.125. The number of carbonyl (C=O) groups is 2. The summed E-state index contributed by atoms with van der Waals surface area (Å²) in [4.78, 5) is 24.0. The fourth-order valence-electron chi connectivity index (χ4n) is 2.03. The minimum absolute atomic E-state index is 0.0159. The van der Waals surface area contributed by atoms with Gasteiger partial charge in [-0.1, -0.05) is 15.9 Å². The number of Topliss-reactive ketones (excluding diaryl/α,β-unsaturated/α-hetero) is 1. The van der Waals surface area contributed by atoms with Crippen molar-refractivity contribution in [1.82, 2.24) is 0 Å². The van der Waals surface area contributed by atoms with Crippen molar-refractivity contribution in [2.45, 2.75) is 0 Å². The number of fused-ring (bicyclic) bond motifs is 1. The number of hydrogen-bond acceptors (Lipinski definition) is 6. The van der Waals surface area contributed by atoms with Gasteiger partial charge in [-0.05, 0) is 36.4 Å². The van der Waals surface area contributed by atoms with Gasteiger partial charge in [0.2, 0.25) is 6.79 Å². The van der Waals surface area contributed by atoms with Gasteiger partial charge in [-0.3, -0.25) is 4.79 Å². The molecule has 0 radical (unpaired) electrons. The first kappa shape index (κ1) is 15.4. The first-order chi connectivity index (χ1) is 11.0. The number of ketones is 1. The predicted molar refractivity (Wildman–Crippen MR) is 83.0 cm³/mol. The van der Waals surface area contributed by atoms with E-state index < -0.39 is 12.6 Å². The second-order valence-corrected chi connectivity index (χ2v) is 5.64. The molecular formula is C16H11BrO6. The van der Waals surface area contributed by atoms with Crippen LogP contribution in [-0.4, -0.2) is 30.3 Å². The van der Waals surface area contributed by atoms with Crippen molar-refractivity contribution in [1.29, 1.82) is 0 Å². The molecule has 1 aliphatic heterocycles. The smallest absolute Gasteiger partial charge is 0.342 e. The second kappa shape index (κ2) is 6.29. The fourth-order valence-corrected chi connectivity index (χ4v) is 2.40. The van der Waals surface area contributed by atoms with Crippen molar-refractivity contribution >= 4 is 27.7 Å². The Morgan fingerprint density at radius 1 is 1.13 bits per heavy atom. The van der Waals surface area contributed by atoms with Crippen LogP contribution in [0.4, 0.5) is 0 Å². The number of carbonyl (C=O) groups excluding carboxylic acids is 2. The van der Waals surface area contributed by atoms with E-state index in [1.807, 2.05) is 0 Å². The highest BCUT2D eigenvalue weighted by Crippen LogP contribution is 2.32. The van der Waals surface area contributed by atoms with Gasteiger partial charge in [0.1, 0.15) is 11.3 Å². The van der Waals surface area contributed by atoms with Crippen LogP contribution < -0.4 is 9.47 Å². The molecule has 118 valence electrons. The molecule has 6 nitrogen and oxygen atoms in total. The third-order valence-corrected chi connectivity index (χ3v) is 3.70. The van der Waals surface area contributed by atoms with Crippen LogP contribution >= 0.6 is 15.9 Å². The number of benzene rings is 2. The number of rotatable bonds is 4. The molecule has 1 N–H and O–H groups in total. The standard InChI is InChI=1S/C16H11BrO6/c17-10-2-3-12(18)11(6-10)16(20)21-7-13(19)9-1-4-14-15(5-9)23-8-22-14/h1-6,18H,7-8H2. The summed E-state index contributed by atoms with van der Waals surface area (Å²) in [7, 11) is 0. The molecule has 0 bridgehead atoms. The highest BCUT2D eigenvalue weighted by molar-refractivity contribution is 9.10. The molecule has 0 saturated carbocycles. The molecule has 23 heavy (non-hydrogen) atoms. The molecule has 0 unspecified atom stereocenters. The van der Waals surface area contributed by atoms with Gasteiger partial charge in [-0.15, -0.1) is 0 Å². The summed E-state index contributed by atoms with van der Waals surface area (Å²) in [5.41, 5.74) is 0.332. The van der Waals surface area contributed by atoms with E-state index in [2.05, 4.69) is 15.9 Å². The van der Waals surface area contributed by atoms with Gasteiger partial charge in [0.05, 0.1) is 0 Å². The summed E-state index contributed by atoms with van der Waals surface area (Å²) in [6, 6.07) is 9.10. The Morgan fingerprint density at radius 2 is 1.91 bits per heavy atom. The van der Waals surface area contributed by atoms with Crippen molar-refractivity contribution < 1.29 is 28.9 Å². The van der Waals surface area contributed by atoms with Gasteiger partial charge in [0.15, 0.2) is 23.9 Å². The highest BCUT2D eigenvalue weighted by atomic mass is 79.9. The van der Waals surface area contributed by atoms with E-state index in [9.17, 15) is 14.7 Å². The summed E-state index contributed by atoms with van der Waals surface area (Å²) in [5.74, 6) is -0.331. The van der Waals surface area contributed by atoms with Crippen molar-refractivity contribution in [3.63, 3.8) is 0 Å². The van der Waals surface area contributed by atoms with Crippen LogP contribution in [0.5, 0.6) is 17.2 Å². The molecule has 2 aromatic carbocycles. The third-order valence-electron chi connectivity index (χ3n) is 3.21. The molecule has 0 atom stereocenters. The summed E-state index contributed by atoms with van der Waals surface area (Å²) in [6.07, 6.45) is 0. The molecule has 1 aliphatic rings. The minimum atomic E-state index is -0.780. The lowest BCUT2D eigenvalue weighted by molar-refractivity contribution is 0.0471. The van der Waals surface area contributed by atoms with E-state index in [0.29, 0.717) is 21.5 Å². The Kier molecular flexibility index (Phi) is 4.20. The van der Waals surface area contributed by atoms with E-state index >= 15 is 0 Å². The van der Waals surface area contributed by atoms with Crippen molar-refractivity contribution in [3.8, 4) is 17.2 Å². The average Bonchev–Trinajstić information content (AvgIpc) is 3.02. The maximum atomic E-state index is 12.1. The maximum absolute atomic E-state index is 12.1. The molecule has 0 aliphatic carbocycles. The summed E-state index contributed by atoms with van der Waals surface area (Å²) >= 11 is 3.20. The van der Waals surface area contributed by atoms with Crippen LogP contribution in [0.15, 0.2) is 40.9 Å². The van der Waals surface area contributed by atoms with E-state index in [1.165, 1.54) is 18.2 Å².